The second-order valence-corrected chi connectivity index (χ2v) is 8.19. The van der Waals surface area contributed by atoms with Gasteiger partial charge in [0.25, 0.3) is 0 Å². The summed E-state index contributed by atoms with van der Waals surface area (Å²) >= 11 is 0. The van der Waals surface area contributed by atoms with Crippen LogP contribution in [0.3, 0.4) is 0 Å². The predicted molar refractivity (Wildman–Crippen MR) is 80.1 cm³/mol. The van der Waals surface area contributed by atoms with Crippen molar-refractivity contribution < 1.29 is 13.2 Å². The van der Waals surface area contributed by atoms with Crippen LogP contribution in [0.15, 0.2) is 0 Å². The van der Waals surface area contributed by atoms with E-state index in [1.54, 1.807) is 4.31 Å². The molecule has 2 fully saturated rings. The van der Waals surface area contributed by atoms with Gasteiger partial charge in [-0.25, -0.2) is 12.7 Å². The van der Waals surface area contributed by atoms with Crippen LogP contribution in [0, 0.1) is 11.8 Å². The second-order valence-electron chi connectivity index (χ2n) is 6.21. The lowest BCUT2D eigenvalue weighted by Crippen LogP contribution is -2.44. The number of nitrogens with one attached hydrogen (secondary N) is 1. The number of piperidine rings is 1. The van der Waals surface area contributed by atoms with Crippen molar-refractivity contribution in [3.8, 4) is 0 Å². The summed E-state index contributed by atoms with van der Waals surface area (Å²) in [6, 6.07) is 0.489. The smallest absolute Gasteiger partial charge is 0.211 e. The van der Waals surface area contributed by atoms with Crippen molar-refractivity contribution in [3.63, 3.8) is 0 Å². The molecular formula is C14H28N2O3S. The first-order valence-electron chi connectivity index (χ1n) is 7.71. The number of ether oxygens (including phenoxy) is 1. The molecule has 5 nitrogen and oxygen atoms in total. The Morgan fingerprint density at radius 2 is 2.00 bits per heavy atom. The minimum atomic E-state index is -3.03. The standard InChI is InChI=1S/C14H28N2O3S/c1-15-14(13-5-8-19-9-6-13)10-12-4-3-7-16(11-12)20(2,17)18/h12-15H,3-11H2,1-2H3. The van der Waals surface area contributed by atoms with E-state index in [9.17, 15) is 8.42 Å². The summed E-state index contributed by atoms with van der Waals surface area (Å²) in [6.07, 6.45) is 6.77. The zero-order chi connectivity index (χ0) is 14.6. The first-order chi connectivity index (χ1) is 9.50. The summed E-state index contributed by atoms with van der Waals surface area (Å²) in [7, 11) is -1.01. The number of hydrogen-bond acceptors (Lipinski definition) is 4. The van der Waals surface area contributed by atoms with E-state index in [0.717, 1.165) is 45.3 Å². The Bertz CT molecular complexity index is 393. The molecule has 0 amide bonds. The maximum absolute atomic E-state index is 11.7. The molecule has 0 bridgehead atoms. The summed E-state index contributed by atoms with van der Waals surface area (Å²) in [6.45, 7) is 3.11. The predicted octanol–water partition coefficient (Wildman–Crippen LogP) is 1.06. The van der Waals surface area contributed by atoms with Gasteiger partial charge in [-0.15, -0.1) is 0 Å². The van der Waals surface area contributed by atoms with Crippen LogP contribution >= 0.6 is 0 Å². The Morgan fingerprint density at radius 1 is 1.30 bits per heavy atom. The van der Waals surface area contributed by atoms with E-state index in [2.05, 4.69) is 5.32 Å². The maximum atomic E-state index is 11.7. The summed E-state index contributed by atoms with van der Waals surface area (Å²) in [5.41, 5.74) is 0. The highest BCUT2D eigenvalue weighted by molar-refractivity contribution is 7.88. The van der Waals surface area contributed by atoms with Gasteiger partial charge in [-0.05, 0) is 51.0 Å². The van der Waals surface area contributed by atoms with Gasteiger partial charge < -0.3 is 10.1 Å². The van der Waals surface area contributed by atoms with Crippen LogP contribution in [0.1, 0.15) is 32.1 Å². The molecule has 20 heavy (non-hydrogen) atoms. The molecule has 2 aliphatic rings. The van der Waals surface area contributed by atoms with E-state index < -0.39 is 10.0 Å². The SMILES string of the molecule is CNC(CC1CCCN(S(C)(=O)=O)C1)C1CCOCC1. The Hall–Kier alpha value is -0.170. The third-order valence-corrected chi connectivity index (χ3v) is 6.01. The van der Waals surface area contributed by atoms with Crippen LogP contribution in [0.2, 0.25) is 0 Å². The van der Waals surface area contributed by atoms with E-state index in [1.807, 2.05) is 7.05 Å². The Balaban J connectivity index is 1.90. The van der Waals surface area contributed by atoms with Crippen molar-refractivity contribution >= 4 is 10.0 Å². The number of rotatable bonds is 5. The van der Waals surface area contributed by atoms with Gasteiger partial charge in [0.1, 0.15) is 0 Å². The van der Waals surface area contributed by atoms with Crippen LogP contribution in [-0.2, 0) is 14.8 Å². The molecule has 2 rings (SSSR count). The highest BCUT2D eigenvalue weighted by atomic mass is 32.2. The number of hydrogen-bond donors (Lipinski definition) is 1. The molecule has 2 saturated heterocycles. The molecule has 118 valence electrons. The van der Waals surface area contributed by atoms with Crippen LogP contribution in [0.4, 0.5) is 0 Å². The molecule has 2 atom stereocenters. The molecule has 0 aliphatic carbocycles. The molecule has 0 radical (unpaired) electrons. The Kier molecular flexibility index (Phi) is 5.84. The lowest BCUT2D eigenvalue weighted by molar-refractivity contribution is 0.0497. The van der Waals surface area contributed by atoms with Crippen LogP contribution in [-0.4, -0.2) is 58.4 Å². The summed E-state index contributed by atoms with van der Waals surface area (Å²) in [5, 5.41) is 3.45. The molecule has 2 heterocycles. The molecule has 6 heteroatoms. The molecule has 0 saturated carbocycles. The molecule has 0 spiro atoms. The third-order valence-electron chi connectivity index (χ3n) is 4.74. The van der Waals surface area contributed by atoms with Crippen molar-refractivity contribution in [1.29, 1.82) is 0 Å². The summed E-state index contributed by atoms with van der Waals surface area (Å²) < 4.78 is 30.4. The van der Waals surface area contributed by atoms with Gasteiger partial charge in [-0.1, -0.05) is 0 Å². The average Bonchev–Trinajstić information content (AvgIpc) is 2.45. The van der Waals surface area contributed by atoms with Crippen molar-refractivity contribution in [3.05, 3.63) is 0 Å². The van der Waals surface area contributed by atoms with Gasteiger partial charge in [-0.3, -0.25) is 0 Å². The van der Waals surface area contributed by atoms with Crippen LogP contribution < -0.4 is 5.32 Å². The van der Waals surface area contributed by atoms with Gasteiger partial charge in [0.05, 0.1) is 6.26 Å². The lowest BCUT2D eigenvalue weighted by atomic mass is 9.83. The van der Waals surface area contributed by atoms with E-state index in [-0.39, 0.29) is 0 Å². The number of nitrogens with zero attached hydrogens (tertiary/aromatic N) is 1. The van der Waals surface area contributed by atoms with Crippen molar-refractivity contribution in [1.82, 2.24) is 9.62 Å². The van der Waals surface area contributed by atoms with E-state index in [0.29, 0.717) is 31.0 Å². The normalized spacial score (nSPS) is 28.4. The van der Waals surface area contributed by atoms with Crippen LogP contribution in [0.5, 0.6) is 0 Å². The van der Waals surface area contributed by atoms with Gasteiger partial charge >= 0.3 is 0 Å². The molecule has 1 N–H and O–H groups in total. The highest BCUT2D eigenvalue weighted by Gasteiger charge is 2.30. The molecule has 2 aliphatic heterocycles. The fourth-order valence-corrected chi connectivity index (χ4v) is 4.49. The van der Waals surface area contributed by atoms with E-state index in [1.165, 1.54) is 6.26 Å². The van der Waals surface area contributed by atoms with Gasteiger partial charge in [0.2, 0.25) is 10.0 Å². The van der Waals surface area contributed by atoms with E-state index in [4.69, 9.17) is 4.74 Å². The monoisotopic (exact) mass is 304 g/mol. The molecule has 0 aromatic rings. The fourth-order valence-electron chi connectivity index (χ4n) is 3.54. The second kappa shape index (κ2) is 7.20. The fraction of sp³-hybridized carbons (Fsp3) is 1.00. The maximum Gasteiger partial charge on any atom is 0.211 e. The van der Waals surface area contributed by atoms with Gasteiger partial charge in [0, 0.05) is 32.3 Å². The first kappa shape index (κ1) is 16.2. The summed E-state index contributed by atoms with van der Waals surface area (Å²) in [5.74, 6) is 1.15. The largest absolute Gasteiger partial charge is 0.381 e. The van der Waals surface area contributed by atoms with Gasteiger partial charge in [-0.2, -0.15) is 0 Å². The van der Waals surface area contributed by atoms with Crippen molar-refractivity contribution in [2.24, 2.45) is 11.8 Å². The Morgan fingerprint density at radius 3 is 2.60 bits per heavy atom. The third kappa shape index (κ3) is 4.41. The number of sulfonamides is 1. The Labute approximate surface area is 123 Å². The first-order valence-corrected chi connectivity index (χ1v) is 9.55. The zero-order valence-corrected chi connectivity index (χ0v) is 13.5. The molecule has 0 aromatic carbocycles. The van der Waals surface area contributed by atoms with Crippen molar-refractivity contribution in [2.75, 3.05) is 39.6 Å². The minimum absolute atomic E-state index is 0.485. The van der Waals surface area contributed by atoms with Crippen molar-refractivity contribution in [2.45, 2.75) is 38.1 Å². The highest BCUT2D eigenvalue weighted by Crippen LogP contribution is 2.28. The molecular weight excluding hydrogens is 276 g/mol. The summed E-state index contributed by atoms with van der Waals surface area (Å²) in [4.78, 5) is 0. The average molecular weight is 304 g/mol. The molecule has 2 unspecified atom stereocenters. The quantitative estimate of drug-likeness (QED) is 0.825. The topological polar surface area (TPSA) is 58.6 Å². The molecule has 0 aromatic heterocycles. The lowest BCUT2D eigenvalue weighted by Gasteiger charge is -2.36. The van der Waals surface area contributed by atoms with E-state index >= 15 is 0 Å². The minimum Gasteiger partial charge on any atom is -0.381 e. The zero-order valence-electron chi connectivity index (χ0n) is 12.7. The van der Waals surface area contributed by atoms with Crippen LogP contribution in [0.25, 0.3) is 0 Å². The van der Waals surface area contributed by atoms with Gasteiger partial charge in [0.15, 0.2) is 0 Å².